The van der Waals surface area contributed by atoms with E-state index in [1.807, 2.05) is 5.32 Å². The fraction of sp³-hybridized carbons (Fsp3) is 0.286. The Morgan fingerprint density at radius 2 is 1.64 bits per heavy atom. The molecule has 0 heterocycles. The second-order valence-corrected chi connectivity index (χ2v) is 1.99. The van der Waals surface area contributed by atoms with E-state index in [0.717, 1.165) is 12.2 Å². The molecule has 0 bridgehead atoms. The molecule has 0 atom stereocenters. The van der Waals surface area contributed by atoms with Crippen LogP contribution in [0.15, 0.2) is 12.2 Å². The smallest absolute Gasteiger partial charge is 0.250 e. The van der Waals surface area contributed by atoms with Crippen molar-refractivity contribution in [2.24, 2.45) is 0 Å². The Bertz CT molecular complexity index is 218. The lowest BCUT2D eigenvalue weighted by Crippen LogP contribution is -2.25. The van der Waals surface area contributed by atoms with E-state index >= 15 is 0 Å². The number of hydrogen-bond donors (Lipinski definition) is 1. The molecule has 0 aromatic carbocycles. The second kappa shape index (κ2) is 4.38. The molecule has 0 saturated carbocycles. The van der Waals surface area contributed by atoms with Crippen LogP contribution < -0.4 is 5.32 Å². The average Bonchev–Trinajstić information content (AvgIpc) is 1.82. The number of hydrogen-bond acceptors (Lipinski definition) is 3. The Hall–Kier alpha value is -1.45. The summed E-state index contributed by atoms with van der Waals surface area (Å²) in [4.78, 5) is 31.1. The summed E-state index contributed by atoms with van der Waals surface area (Å²) in [6, 6.07) is 0. The highest BCUT2D eigenvalue weighted by Crippen LogP contribution is 1.75. The first-order chi connectivity index (χ1) is 5.02. The van der Waals surface area contributed by atoms with Gasteiger partial charge < -0.3 is 0 Å². The topological polar surface area (TPSA) is 63.2 Å². The van der Waals surface area contributed by atoms with E-state index in [2.05, 4.69) is 0 Å². The monoisotopic (exact) mass is 155 g/mol. The van der Waals surface area contributed by atoms with Crippen LogP contribution in [0.4, 0.5) is 0 Å². The second-order valence-electron chi connectivity index (χ2n) is 1.99. The number of ketones is 1. The standard InChI is InChI=1S/C7H9NO3/c1-5(9)3-4-7(11)8-6(2)10/h3-4H,1-2H3,(H,8,10,11)/b4-3-. The third-order valence-corrected chi connectivity index (χ3v) is 0.769. The van der Waals surface area contributed by atoms with E-state index in [4.69, 9.17) is 0 Å². The molecule has 2 amide bonds. The fourth-order valence-corrected chi connectivity index (χ4v) is 0.408. The third kappa shape index (κ3) is 6.44. The molecule has 0 saturated heterocycles. The highest BCUT2D eigenvalue weighted by Gasteiger charge is 1.96. The SMILES string of the molecule is CC(=O)/C=C\C(=O)NC(C)=O. The fourth-order valence-electron chi connectivity index (χ4n) is 0.408. The normalized spacial score (nSPS) is 9.64. The number of carbonyl (C=O) groups excluding carboxylic acids is 3. The summed E-state index contributed by atoms with van der Waals surface area (Å²) < 4.78 is 0. The summed E-state index contributed by atoms with van der Waals surface area (Å²) >= 11 is 0. The number of rotatable bonds is 2. The van der Waals surface area contributed by atoms with E-state index in [0.29, 0.717) is 0 Å². The number of carbonyl (C=O) groups is 3. The molecule has 0 rings (SSSR count). The maximum atomic E-state index is 10.6. The molecule has 0 aliphatic heterocycles. The molecule has 0 radical (unpaired) electrons. The quantitative estimate of drug-likeness (QED) is 0.561. The van der Waals surface area contributed by atoms with Crippen LogP contribution in [0.2, 0.25) is 0 Å². The number of amides is 2. The van der Waals surface area contributed by atoms with E-state index in [1.165, 1.54) is 13.8 Å². The Kier molecular flexibility index (Phi) is 3.80. The molecular weight excluding hydrogens is 146 g/mol. The molecule has 4 nitrogen and oxygen atoms in total. The van der Waals surface area contributed by atoms with E-state index in [1.54, 1.807) is 0 Å². The first-order valence-corrected chi connectivity index (χ1v) is 3.02. The van der Waals surface area contributed by atoms with Crippen LogP contribution in [0.5, 0.6) is 0 Å². The number of allylic oxidation sites excluding steroid dienone is 1. The van der Waals surface area contributed by atoms with Gasteiger partial charge in [-0.3, -0.25) is 19.7 Å². The Morgan fingerprint density at radius 3 is 2.00 bits per heavy atom. The zero-order valence-electron chi connectivity index (χ0n) is 6.38. The van der Waals surface area contributed by atoms with Gasteiger partial charge in [0.2, 0.25) is 5.91 Å². The van der Waals surface area contributed by atoms with Crippen LogP contribution >= 0.6 is 0 Å². The predicted octanol–water partition coefficient (Wildman–Crippen LogP) is -0.206. The van der Waals surface area contributed by atoms with E-state index in [9.17, 15) is 14.4 Å². The van der Waals surface area contributed by atoms with Gasteiger partial charge in [0.25, 0.3) is 5.91 Å². The molecule has 0 aliphatic rings. The van der Waals surface area contributed by atoms with Gasteiger partial charge in [-0.2, -0.15) is 0 Å². The first kappa shape index (κ1) is 9.55. The van der Waals surface area contributed by atoms with Crippen LogP contribution in [0, 0.1) is 0 Å². The summed E-state index contributed by atoms with van der Waals surface area (Å²) in [5.74, 6) is -1.25. The van der Waals surface area contributed by atoms with Gasteiger partial charge in [-0.25, -0.2) is 0 Å². The lowest BCUT2D eigenvalue weighted by atomic mass is 10.4. The van der Waals surface area contributed by atoms with Crippen LogP contribution in [0.25, 0.3) is 0 Å². The Labute approximate surface area is 64.3 Å². The number of imide groups is 1. The molecule has 0 unspecified atom stereocenters. The van der Waals surface area contributed by atoms with Crippen molar-refractivity contribution in [3.8, 4) is 0 Å². The molecule has 60 valence electrons. The average molecular weight is 155 g/mol. The van der Waals surface area contributed by atoms with E-state index < -0.39 is 11.8 Å². The first-order valence-electron chi connectivity index (χ1n) is 3.02. The summed E-state index contributed by atoms with van der Waals surface area (Å²) in [6.45, 7) is 2.54. The summed E-state index contributed by atoms with van der Waals surface area (Å²) in [5.41, 5.74) is 0. The predicted molar refractivity (Wildman–Crippen MR) is 38.6 cm³/mol. The van der Waals surface area contributed by atoms with Crippen LogP contribution in [-0.4, -0.2) is 17.6 Å². The maximum Gasteiger partial charge on any atom is 0.250 e. The highest BCUT2D eigenvalue weighted by atomic mass is 16.2. The van der Waals surface area contributed by atoms with Crippen molar-refractivity contribution in [1.82, 2.24) is 5.32 Å². The van der Waals surface area contributed by atoms with E-state index in [-0.39, 0.29) is 5.78 Å². The van der Waals surface area contributed by atoms with Gasteiger partial charge in [-0.05, 0) is 13.0 Å². The van der Waals surface area contributed by atoms with Crippen molar-refractivity contribution in [2.45, 2.75) is 13.8 Å². The Morgan fingerprint density at radius 1 is 1.09 bits per heavy atom. The van der Waals surface area contributed by atoms with Gasteiger partial charge >= 0.3 is 0 Å². The molecule has 0 spiro atoms. The van der Waals surface area contributed by atoms with Gasteiger partial charge in [-0.1, -0.05) is 0 Å². The van der Waals surface area contributed by atoms with Crippen molar-refractivity contribution < 1.29 is 14.4 Å². The molecule has 0 aromatic heterocycles. The summed E-state index contributed by atoms with van der Waals surface area (Å²) in [6.07, 6.45) is 2.11. The molecular formula is C7H9NO3. The van der Waals surface area contributed by atoms with Crippen LogP contribution in [0.1, 0.15) is 13.8 Å². The lowest BCUT2D eigenvalue weighted by molar-refractivity contribution is -0.126. The summed E-state index contributed by atoms with van der Waals surface area (Å²) in [7, 11) is 0. The molecule has 1 N–H and O–H groups in total. The zero-order valence-corrected chi connectivity index (χ0v) is 6.38. The van der Waals surface area contributed by atoms with Crippen LogP contribution in [0.3, 0.4) is 0 Å². The molecule has 0 aromatic rings. The summed E-state index contributed by atoms with van der Waals surface area (Å²) in [5, 5.41) is 1.98. The van der Waals surface area contributed by atoms with Crippen LogP contribution in [-0.2, 0) is 14.4 Å². The molecule has 11 heavy (non-hydrogen) atoms. The molecule has 0 aliphatic carbocycles. The van der Waals surface area contributed by atoms with Crippen molar-refractivity contribution in [3.63, 3.8) is 0 Å². The zero-order chi connectivity index (χ0) is 8.85. The van der Waals surface area contributed by atoms with Crippen molar-refractivity contribution in [1.29, 1.82) is 0 Å². The van der Waals surface area contributed by atoms with Gasteiger partial charge in [0.15, 0.2) is 5.78 Å². The molecule has 0 fully saturated rings. The van der Waals surface area contributed by atoms with Crippen molar-refractivity contribution in [2.75, 3.05) is 0 Å². The lowest BCUT2D eigenvalue weighted by Gasteiger charge is -1.91. The van der Waals surface area contributed by atoms with Crippen molar-refractivity contribution in [3.05, 3.63) is 12.2 Å². The highest BCUT2D eigenvalue weighted by molar-refractivity contribution is 6.03. The molecule has 4 heteroatoms. The number of nitrogens with one attached hydrogen (secondary N) is 1. The van der Waals surface area contributed by atoms with Gasteiger partial charge in [-0.15, -0.1) is 0 Å². The largest absolute Gasteiger partial charge is 0.295 e. The van der Waals surface area contributed by atoms with Gasteiger partial charge in [0.05, 0.1) is 0 Å². The maximum absolute atomic E-state index is 10.6. The van der Waals surface area contributed by atoms with Crippen molar-refractivity contribution >= 4 is 17.6 Å². The minimum Gasteiger partial charge on any atom is -0.295 e. The van der Waals surface area contributed by atoms with Gasteiger partial charge in [0, 0.05) is 13.0 Å². The minimum atomic E-state index is -0.576. The minimum absolute atomic E-state index is 0.233. The van der Waals surface area contributed by atoms with Gasteiger partial charge in [0.1, 0.15) is 0 Å². The third-order valence-electron chi connectivity index (χ3n) is 0.769. The Balaban J connectivity index is 3.88.